The zero-order chi connectivity index (χ0) is 12.6. The molecule has 0 spiro atoms. The molecular formula is C12H13F3N2. The molecule has 0 aliphatic heterocycles. The minimum atomic E-state index is -4.33. The Morgan fingerprint density at radius 2 is 2.00 bits per heavy atom. The highest BCUT2D eigenvalue weighted by molar-refractivity contribution is 5.81. The average molecular weight is 242 g/mol. The highest BCUT2D eigenvalue weighted by Gasteiger charge is 2.40. The number of benzene rings is 1. The van der Waals surface area contributed by atoms with Gasteiger partial charge in [-0.3, -0.25) is 0 Å². The van der Waals surface area contributed by atoms with Crippen LogP contribution in [0.1, 0.15) is 11.6 Å². The molecule has 2 nitrogen and oxygen atoms in total. The van der Waals surface area contributed by atoms with Crippen LogP contribution in [0.2, 0.25) is 0 Å². The highest BCUT2D eigenvalue weighted by atomic mass is 19.4. The van der Waals surface area contributed by atoms with Crippen molar-refractivity contribution in [2.24, 2.45) is 5.73 Å². The van der Waals surface area contributed by atoms with Gasteiger partial charge in [-0.15, -0.1) is 0 Å². The van der Waals surface area contributed by atoms with Crippen LogP contribution in [-0.4, -0.2) is 17.3 Å². The van der Waals surface area contributed by atoms with Gasteiger partial charge in [0, 0.05) is 18.3 Å². The summed E-state index contributed by atoms with van der Waals surface area (Å²) in [6.45, 7) is 1.45. The fraction of sp³-hybridized carbons (Fsp3) is 0.333. The molecule has 1 aromatic heterocycles. The molecule has 0 aliphatic rings. The smallest absolute Gasteiger partial charge is 0.334 e. The monoisotopic (exact) mass is 242 g/mol. The maximum Gasteiger partial charge on any atom is 0.410 e. The molecule has 0 amide bonds. The topological polar surface area (TPSA) is 30.9 Å². The molecule has 1 heterocycles. The molecule has 92 valence electrons. The molecule has 0 fully saturated rings. The molecule has 1 atom stereocenters. The normalized spacial score (nSPS) is 14.2. The first kappa shape index (κ1) is 12.0. The van der Waals surface area contributed by atoms with Crippen LogP contribution in [0.5, 0.6) is 0 Å². The average Bonchev–Trinajstić information content (AvgIpc) is 2.60. The van der Waals surface area contributed by atoms with E-state index in [2.05, 4.69) is 0 Å². The minimum absolute atomic E-state index is 0.457. The van der Waals surface area contributed by atoms with Crippen molar-refractivity contribution in [1.29, 1.82) is 0 Å². The van der Waals surface area contributed by atoms with Gasteiger partial charge >= 0.3 is 6.18 Å². The molecule has 1 aromatic carbocycles. The van der Waals surface area contributed by atoms with Crippen molar-refractivity contribution in [3.05, 3.63) is 36.0 Å². The summed E-state index contributed by atoms with van der Waals surface area (Å²) in [5, 5.41) is 0.799. The molecular weight excluding hydrogens is 229 g/mol. The standard InChI is InChI=1S/C12H13F3N2/c1-8-2-3-10-9(6-8)4-5-17(10)11(7-16)12(13,14)15/h2-6,11H,7,16H2,1H3. The summed E-state index contributed by atoms with van der Waals surface area (Å²) >= 11 is 0. The minimum Gasteiger partial charge on any atom is -0.334 e. The van der Waals surface area contributed by atoms with Crippen LogP contribution in [0.25, 0.3) is 10.9 Å². The molecule has 0 bridgehead atoms. The van der Waals surface area contributed by atoms with E-state index in [0.29, 0.717) is 5.52 Å². The zero-order valence-electron chi connectivity index (χ0n) is 9.33. The molecule has 0 aliphatic carbocycles. The first-order chi connectivity index (χ1) is 7.93. The van der Waals surface area contributed by atoms with Crippen LogP contribution in [-0.2, 0) is 0 Å². The first-order valence-electron chi connectivity index (χ1n) is 5.27. The fourth-order valence-electron chi connectivity index (χ4n) is 1.96. The summed E-state index contributed by atoms with van der Waals surface area (Å²) in [6.07, 6.45) is -2.89. The van der Waals surface area contributed by atoms with Crippen LogP contribution in [0.15, 0.2) is 30.5 Å². The number of rotatable bonds is 2. The van der Waals surface area contributed by atoms with E-state index < -0.39 is 18.8 Å². The third-order valence-electron chi connectivity index (χ3n) is 2.81. The fourth-order valence-corrected chi connectivity index (χ4v) is 1.96. The van der Waals surface area contributed by atoms with E-state index in [4.69, 9.17) is 5.73 Å². The summed E-state index contributed by atoms with van der Waals surface area (Å²) in [4.78, 5) is 0. The van der Waals surface area contributed by atoms with Crippen molar-refractivity contribution in [2.75, 3.05) is 6.54 Å². The molecule has 2 rings (SSSR count). The molecule has 0 saturated carbocycles. The van der Waals surface area contributed by atoms with E-state index in [1.54, 1.807) is 18.2 Å². The predicted octanol–water partition coefficient (Wildman–Crippen LogP) is 3.01. The van der Waals surface area contributed by atoms with E-state index in [0.717, 1.165) is 10.9 Å². The molecule has 1 unspecified atom stereocenters. The second-order valence-corrected chi connectivity index (χ2v) is 4.08. The largest absolute Gasteiger partial charge is 0.410 e. The van der Waals surface area contributed by atoms with Crippen molar-refractivity contribution in [1.82, 2.24) is 4.57 Å². The number of alkyl halides is 3. The van der Waals surface area contributed by atoms with E-state index >= 15 is 0 Å². The molecule has 2 N–H and O–H groups in total. The van der Waals surface area contributed by atoms with Gasteiger partial charge in [0.15, 0.2) is 0 Å². The van der Waals surface area contributed by atoms with Crippen LogP contribution < -0.4 is 5.73 Å². The van der Waals surface area contributed by atoms with Crippen LogP contribution in [0.4, 0.5) is 13.2 Å². The second-order valence-electron chi connectivity index (χ2n) is 4.08. The van der Waals surface area contributed by atoms with Crippen molar-refractivity contribution in [2.45, 2.75) is 19.1 Å². The molecule has 2 aromatic rings. The number of nitrogens with two attached hydrogens (primary N) is 1. The Morgan fingerprint density at radius 3 is 2.59 bits per heavy atom. The summed E-state index contributed by atoms with van der Waals surface area (Å²) in [6, 6.07) is 5.36. The summed E-state index contributed by atoms with van der Waals surface area (Å²) in [7, 11) is 0. The predicted molar refractivity (Wildman–Crippen MR) is 60.8 cm³/mol. The molecule has 5 heteroatoms. The van der Waals surface area contributed by atoms with Gasteiger partial charge < -0.3 is 10.3 Å². The number of hydrogen-bond donors (Lipinski definition) is 1. The van der Waals surface area contributed by atoms with E-state index in [1.807, 2.05) is 13.0 Å². The number of halogens is 3. The Bertz CT molecular complexity index is 528. The summed E-state index contributed by atoms with van der Waals surface area (Å²) in [5.74, 6) is 0. The Morgan fingerprint density at radius 1 is 1.29 bits per heavy atom. The third-order valence-corrected chi connectivity index (χ3v) is 2.81. The summed E-state index contributed by atoms with van der Waals surface area (Å²) < 4.78 is 39.6. The quantitative estimate of drug-likeness (QED) is 0.862. The number of hydrogen-bond acceptors (Lipinski definition) is 1. The maximum atomic E-state index is 12.8. The van der Waals surface area contributed by atoms with E-state index in [9.17, 15) is 13.2 Å². The lowest BCUT2D eigenvalue weighted by Crippen LogP contribution is -2.32. The first-order valence-corrected chi connectivity index (χ1v) is 5.27. The number of nitrogens with zero attached hydrogens (tertiary/aromatic N) is 1. The second kappa shape index (κ2) is 4.07. The van der Waals surface area contributed by atoms with Gasteiger partial charge in [0.25, 0.3) is 0 Å². The van der Waals surface area contributed by atoms with E-state index in [1.165, 1.54) is 10.8 Å². The van der Waals surface area contributed by atoms with E-state index in [-0.39, 0.29) is 0 Å². The van der Waals surface area contributed by atoms with Crippen molar-refractivity contribution in [3.8, 4) is 0 Å². The number of aromatic nitrogens is 1. The highest BCUT2D eigenvalue weighted by Crippen LogP contribution is 2.32. The van der Waals surface area contributed by atoms with Gasteiger partial charge in [0.2, 0.25) is 0 Å². The third kappa shape index (κ3) is 2.15. The zero-order valence-corrected chi connectivity index (χ0v) is 9.33. The SMILES string of the molecule is Cc1ccc2c(ccn2C(CN)C(F)(F)F)c1. The lowest BCUT2D eigenvalue weighted by atomic mass is 10.2. The van der Waals surface area contributed by atoms with Gasteiger partial charge in [-0.2, -0.15) is 13.2 Å². The Kier molecular flexibility index (Phi) is 2.87. The molecule has 0 radical (unpaired) electrons. The molecule has 0 saturated heterocycles. The van der Waals surface area contributed by atoms with Crippen LogP contribution in [0.3, 0.4) is 0 Å². The Hall–Kier alpha value is -1.49. The van der Waals surface area contributed by atoms with Gasteiger partial charge in [0.1, 0.15) is 6.04 Å². The lowest BCUT2D eigenvalue weighted by molar-refractivity contribution is -0.164. The van der Waals surface area contributed by atoms with Gasteiger partial charge in [-0.25, -0.2) is 0 Å². The summed E-state index contributed by atoms with van der Waals surface area (Å²) in [5.41, 5.74) is 6.81. The van der Waals surface area contributed by atoms with Gasteiger partial charge in [-0.1, -0.05) is 11.6 Å². The van der Waals surface area contributed by atoms with Crippen LogP contribution in [0, 0.1) is 6.92 Å². The number of aryl methyl sites for hydroxylation is 1. The van der Waals surface area contributed by atoms with Crippen molar-refractivity contribution in [3.63, 3.8) is 0 Å². The van der Waals surface area contributed by atoms with Gasteiger partial charge in [0.05, 0.1) is 0 Å². The Labute approximate surface area is 96.8 Å². The van der Waals surface area contributed by atoms with Crippen molar-refractivity contribution < 1.29 is 13.2 Å². The maximum absolute atomic E-state index is 12.8. The van der Waals surface area contributed by atoms with Crippen molar-refractivity contribution >= 4 is 10.9 Å². The van der Waals surface area contributed by atoms with Gasteiger partial charge in [-0.05, 0) is 30.5 Å². The van der Waals surface area contributed by atoms with Crippen LogP contribution >= 0.6 is 0 Å². The molecule has 17 heavy (non-hydrogen) atoms. The number of fused-ring (bicyclic) bond motifs is 1. The lowest BCUT2D eigenvalue weighted by Gasteiger charge is -2.21. The Balaban J connectivity index is 2.55.